The van der Waals surface area contributed by atoms with Crippen LogP contribution in [-0.4, -0.2) is 35.0 Å². The molecule has 13 heavy (non-hydrogen) atoms. The van der Waals surface area contributed by atoms with Gasteiger partial charge in [0.1, 0.15) is 0 Å². The molecular formula is C8H12N2O3. The minimum Gasteiger partial charge on any atom is -0.478 e. The number of aliphatic carboxylic acids is 1. The Morgan fingerprint density at radius 2 is 2.38 bits per heavy atom. The van der Waals surface area contributed by atoms with Crippen molar-refractivity contribution in [2.75, 3.05) is 13.1 Å². The Morgan fingerprint density at radius 1 is 1.69 bits per heavy atom. The molecule has 5 heteroatoms. The third-order valence-corrected chi connectivity index (χ3v) is 1.85. The summed E-state index contributed by atoms with van der Waals surface area (Å²) >= 11 is 0. The molecule has 0 bridgehead atoms. The molecule has 72 valence electrons. The van der Waals surface area contributed by atoms with Crippen LogP contribution < -0.4 is 5.73 Å². The number of nitrogens with zero attached hydrogens (tertiary/aromatic N) is 1. The summed E-state index contributed by atoms with van der Waals surface area (Å²) in [5.74, 6) is -1.19. The van der Waals surface area contributed by atoms with Crippen molar-refractivity contribution in [2.45, 2.75) is 12.8 Å². The Labute approximate surface area is 75.8 Å². The number of carboxylic acids is 1. The van der Waals surface area contributed by atoms with Gasteiger partial charge in [0.05, 0.1) is 12.0 Å². The maximum atomic E-state index is 11.2. The van der Waals surface area contributed by atoms with Crippen molar-refractivity contribution in [1.29, 1.82) is 0 Å². The first-order chi connectivity index (χ1) is 6.15. The van der Waals surface area contributed by atoms with Gasteiger partial charge in [0, 0.05) is 12.7 Å². The van der Waals surface area contributed by atoms with Crippen LogP contribution in [0, 0.1) is 0 Å². The molecule has 1 aliphatic rings. The number of hydrogen-bond acceptors (Lipinski definition) is 3. The zero-order chi connectivity index (χ0) is 9.84. The Bertz CT molecular complexity index is 260. The summed E-state index contributed by atoms with van der Waals surface area (Å²) in [6, 6.07) is 0. The van der Waals surface area contributed by atoms with E-state index in [1.807, 2.05) is 0 Å². The van der Waals surface area contributed by atoms with E-state index in [0.717, 1.165) is 0 Å². The second-order valence-electron chi connectivity index (χ2n) is 2.87. The van der Waals surface area contributed by atoms with Crippen molar-refractivity contribution in [2.24, 2.45) is 5.73 Å². The summed E-state index contributed by atoms with van der Waals surface area (Å²) in [5, 5.41) is 8.60. The lowest BCUT2D eigenvalue weighted by molar-refractivity contribution is -0.134. The number of nitrogens with two attached hydrogens (primary N) is 1. The normalized spacial score (nSPS) is 16.2. The molecule has 1 rings (SSSR count). The molecule has 3 N–H and O–H groups in total. The highest BCUT2D eigenvalue weighted by Gasteiger charge is 2.24. The standard InChI is InChI=1S/C8H12N2O3/c9-2-1-3-10-5-6(8(12)13)4-7(10)11/h5H,1-4,9H2,(H,12,13). The summed E-state index contributed by atoms with van der Waals surface area (Å²) in [6.45, 7) is 1.01. The van der Waals surface area contributed by atoms with E-state index in [1.165, 1.54) is 11.1 Å². The van der Waals surface area contributed by atoms with E-state index in [-0.39, 0.29) is 17.9 Å². The third kappa shape index (κ3) is 2.29. The molecule has 0 radical (unpaired) electrons. The molecule has 0 fully saturated rings. The van der Waals surface area contributed by atoms with Crippen LogP contribution in [0.1, 0.15) is 12.8 Å². The van der Waals surface area contributed by atoms with Crippen molar-refractivity contribution in [3.8, 4) is 0 Å². The van der Waals surface area contributed by atoms with Crippen LogP contribution in [0.25, 0.3) is 0 Å². The van der Waals surface area contributed by atoms with Crippen molar-refractivity contribution in [3.05, 3.63) is 11.8 Å². The van der Waals surface area contributed by atoms with Crippen LogP contribution in [0.3, 0.4) is 0 Å². The predicted octanol–water partition coefficient (Wildman–Crippen LogP) is -0.464. The van der Waals surface area contributed by atoms with Crippen molar-refractivity contribution >= 4 is 11.9 Å². The SMILES string of the molecule is NCCCN1C=C(C(=O)O)CC1=O. The Hall–Kier alpha value is -1.36. The number of carbonyl (C=O) groups excluding carboxylic acids is 1. The molecule has 0 atom stereocenters. The summed E-state index contributed by atoms with van der Waals surface area (Å²) in [6.07, 6.45) is 2.08. The Balaban J connectivity index is 2.56. The molecule has 0 saturated heterocycles. The first-order valence-electron chi connectivity index (χ1n) is 4.08. The lowest BCUT2D eigenvalue weighted by Gasteiger charge is -2.11. The molecule has 0 aromatic rings. The molecule has 0 saturated carbocycles. The van der Waals surface area contributed by atoms with Crippen LogP contribution in [0.2, 0.25) is 0 Å². The van der Waals surface area contributed by atoms with Crippen molar-refractivity contribution < 1.29 is 14.7 Å². The molecule has 0 aromatic heterocycles. The molecule has 0 spiro atoms. The average molecular weight is 184 g/mol. The Kier molecular flexibility index (Phi) is 3.02. The number of carboxylic acid groups (broad SMARTS) is 1. The van der Waals surface area contributed by atoms with E-state index >= 15 is 0 Å². The number of hydrogen-bond donors (Lipinski definition) is 2. The van der Waals surface area contributed by atoms with Crippen LogP contribution >= 0.6 is 0 Å². The minimum absolute atomic E-state index is 0.0000945. The van der Waals surface area contributed by atoms with Crippen LogP contribution in [-0.2, 0) is 9.59 Å². The molecule has 0 aromatic carbocycles. The highest BCUT2D eigenvalue weighted by molar-refractivity contribution is 5.97. The van der Waals surface area contributed by atoms with Crippen LogP contribution in [0.5, 0.6) is 0 Å². The number of rotatable bonds is 4. The molecular weight excluding hydrogens is 172 g/mol. The van der Waals surface area contributed by atoms with E-state index in [2.05, 4.69) is 0 Å². The van der Waals surface area contributed by atoms with Gasteiger partial charge in [0.2, 0.25) is 5.91 Å². The summed E-state index contributed by atoms with van der Waals surface area (Å²) in [5.41, 5.74) is 5.43. The predicted molar refractivity (Wildman–Crippen MR) is 45.7 cm³/mol. The number of amides is 1. The van der Waals surface area contributed by atoms with E-state index in [0.29, 0.717) is 19.5 Å². The zero-order valence-corrected chi connectivity index (χ0v) is 7.19. The van der Waals surface area contributed by atoms with E-state index in [1.54, 1.807) is 0 Å². The van der Waals surface area contributed by atoms with Crippen LogP contribution in [0.4, 0.5) is 0 Å². The number of carbonyl (C=O) groups is 2. The topological polar surface area (TPSA) is 83.6 Å². The summed E-state index contributed by atoms with van der Waals surface area (Å²) in [4.78, 5) is 23.1. The first-order valence-corrected chi connectivity index (χ1v) is 4.08. The van der Waals surface area contributed by atoms with Gasteiger partial charge in [0.15, 0.2) is 0 Å². The van der Waals surface area contributed by atoms with Crippen molar-refractivity contribution in [3.63, 3.8) is 0 Å². The molecule has 1 aliphatic heterocycles. The fourth-order valence-corrected chi connectivity index (χ4v) is 1.15. The van der Waals surface area contributed by atoms with Gasteiger partial charge in [-0.3, -0.25) is 4.79 Å². The second-order valence-corrected chi connectivity index (χ2v) is 2.87. The van der Waals surface area contributed by atoms with Gasteiger partial charge in [-0.15, -0.1) is 0 Å². The maximum absolute atomic E-state index is 11.2. The molecule has 0 aliphatic carbocycles. The molecule has 0 unspecified atom stereocenters. The van der Waals surface area contributed by atoms with Crippen molar-refractivity contribution in [1.82, 2.24) is 4.90 Å². The Morgan fingerprint density at radius 3 is 2.85 bits per heavy atom. The first kappa shape index (κ1) is 9.73. The van der Waals surface area contributed by atoms with Gasteiger partial charge in [-0.25, -0.2) is 4.79 Å². The third-order valence-electron chi connectivity index (χ3n) is 1.85. The summed E-state index contributed by atoms with van der Waals surface area (Å²) in [7, 11) is 0. The molecule has 5 nitrogen and oxygen atoms in total. The highest BCUT2D eigenvalue weighted by atomic mass is 16.4. The van der Waals surface area contributed by atoms with Gasteiger partial charge >= 0.3 is 5.97 Å². The van der Waals surface area contributed by atoms with Gasteiger partial charge in [-0.2, -0.15) is 0 Å². The van der Waals surface area contributed by atoms with E-state index < -0.39 is 5.97 Å². The minimum atomic E-state index is -1.02. The summed E-state index contributed by atoms with van der Waals surface area (Å²) < 4.78 is 0. The highest BCUT2D eigenvalue weighted by Crippen LogP contribution is 2.15. The molecule has 1 amide bonds. The zero-order valence-electron chi connectivity index (χ0n) is 7.19. The van der Waals surface area contributed by atoms with E-state index in [4.69, 9.17) is 10.8 Å². The lowest BCUT2D eigenvalue weighted by atomic mass is 10.2. The van der Waals surface area contributed by atoms with Gasteiger partial charge in [-0.1, -0.05) is 0 Å². The van der Waals surface area contributed by atoms with E-state index in [9.17, 15) is 9.59 Å². The van der Waals surface area contributed by atoms with Gasteiger partial charge in [0.25, 0.3) is 0 Å². The quantitative estimate of drug-likeness (QED) is 0.619. The van der Waals surface area contributed by atoms with Crippen LogP contribution in [0.15, 0.2) is 11.8 Å². The molecule has 1 heterocycles. The van der Waals surface area contributed by atoms with Gasteiger partial charge < -0.3 is 15.7 Å². The lowest BCUT2D eigenvalue weighted by Crippen LogP contribution is -2.23. The smallest absolute Gasteiger partial charge is 0.333 e. The monoisotopic (exact) mass is 184 g/mol. The fraction of sp³-hybridized carbons (Fsp3) is 0.500. The average Bonchev–Trinajstić information content (AvgIpc) is 2.44. The largest absolute Gasteiger partial charge is 0.478 e. The second kappa shape index (κ2) is 4.04. The fourth-order valence-electron chi connectivity index (χ4n) is 1.15. The maximum Gasteiger partial charge on any atom is 0.333 e. The van der Waals surface area contributed by atoms with Gasteiger partial charge in [-0.05, 0) is 13.0 Å².